The van der Waals surface area contributed by atoms with Gasteiger partial charge in [-0.1, -0.05) is 6.42 Å². The Morgan fingerprint density at radius 2 is 1.77 bits per heavy atom. The van der Waals surface area contributed by atoms with Gasteiger partial charge in [0, 0.05) is 10.9 Å². The highest BCUT2D eigenvalue weighted by atomic mass is 32.1. The highest BCUT2D eigenvalue weighted by Gasteiger charge is 2.28. The quantitative estimate of drug-likeness (QED) is 0.430. The monoisotopic (exact) mass is 431 g/mol. The molecule has 2 aliphatic carbocycles. The maximum atomic E-state index is 12.5. The third-order valence-electron chi connectivity index (χ3n) is 6.51. The van der Waals surface area contributed by atoms with Gasteiger partial charge in [0.1, 0.15) is 37.2 Å². The molecule has 7 nitrogen and oxygen atoms in total. The Morgan fingerprint density at radius 1 is 1.03 bits per heavy atom. The van der Waals surface area contributed by atoms with Crippen molar-refractivity contribution in [3.8, 4) is 6.07 Å². The molecule has 0 spiro atoms. The molecule has 1 aromatic heterocycles. The van der Waals surface area contributed by atoms with Crippen molar-refractivity contribution in [3.63, 3.8) is 0 Å². The van der Waals surface area contributed by atoms with Crippen LogP contribution in [0.2, 0.25) is 0 Å². The Kier molecular flexibility index (Phi) is 7.03. The molecule has 0 unspecified atom stereocenters. The molecule has 4 N–H and O–H groups in total. The van der Waals surface area contributed by atoms with Crippen LogP contribution in [-0.2, 0) is 22.4 Å². The number of fused-ring (bicyclic) bond motifs is 1. The van der Waals surface area contributed by atoms with Gasteiger partial charge in [0.15, 0.2) is 6.54 Å². The van der Waals surface area contributed by atoms with Crippen molar-refractivity contribution in [2.45, 2.75) is 57.4 Å². The molecule has 162 valence electrons. The second-order valence-corrected chi connectivity index (χ2v) is 10.1. The summed E-state index contributed by atoms with van der Waals surface area (Å²) in [6.45, 7) is 5.33. The Hall–Kier alpha value is -1.95. The van der Waals surface area contributed by atoms with Gasteiger partial charge in [-0.25, -0.2) is 0 Å². The van der Waals surface area contributed by atoms with Gasteiger partial charge in [0.2, 0.25) is 5.91 Å². The van der Waals surface area contributed by atoms with Crippen molar-refractivity contribution < 1.29 is 19.4 Å². The van der Waals surface area contributed by atoms with Gasteiger partial charge in [0.05, 0.1) is 18.5 Å². The minimum Gasteiger partial charge on any atom is -0.348 e. The van der Waals surface area contributed by atoms with E-state index in [1.54, 1.807) is 11.3 Å². The molecule has 0 radical (unpaired) electrons. The molecular formula is C22H33N5O2S+2. The van der Waals surface area contributed by atoms with Crippen LogP contribution < -0.4 is 20.4 Å². The number of anilines is 1. The van der Waals surface area contributed by atoms with E-state index in [1.807, 2.05) is 0 Å². The maximum absolute atomic E-state index is 12.5. The fraction of sp³-hybridized carbons (Fsp3) is 0.682. The van der Waals surface area contributed by atoms with Crippen LogP contribution in [0.4, 0.5) is 5.00 Å². The Bertz CT molecular complexity index is 818. The van der Waals surface area contributed by atoms with E-state index >= 15 is 0 Å². The van der Waals surface area contributed by atoms with Gasteiger partial charge < -0.3 is 20.4 Å². The fourth-order valence-electron chi connectivity index (χ4n) is 4.55. The Morgan fingerprint density at radius 3 is 2.50 bits per heavy atom. The molecule has 2 heterocycles. The molecular weight excluding hydrogens is 398 g/mol. The summed E-state index contributed by atoms with van der Waals surface area (Å²) in [7, 11) is 0. The lowest BCUT2D eigenvalue weighted by Gasteiger charge is -2.29. The van der Waals surface area contributed by atoms with E-state index in [4.69, 9.17) is 0 Å². The van der Waals surface area contributed by atoms with Gasteiger partial charge in [-0.3, -0.25) is 9.59 Å². The second-order valence-electron chi connectivity index (χ2n) is 8.95. The van der Waals surface area contributed by atoms with Gasteiger partial charge in [0.25, 0.3) is 5.91 Å². The van der Waals surface area contributed by atoms with Gasteiger partial charge in [-0.05, 0) is 44.1 Å². The maximum Gasteiger partial charge on any atom is 0.275 e. The van der Waals surface area contributed by atoms with E-state index in [0.717, 1.165) is 69.8 Å². The van der Waals surface area contributed by atoms with E-state index in [1.165, 1.54) is 33.1 Å². The zero-order chi connectivity index (χ0) is 20.9. The first-order chi connectivity index (χ1) is 14.6. The Balaban J connectivity index is 1.20. The minimum absolute atomic E-state index is 0.00833. The highest BCUT2D eigenvalue weighted by Crippen LogP contribution is 2.36. The first kappa shape index (κ1) is 21.3. The summed E-state index contributed by atoms with van der Waals surface area (Å²) in [5, 5.41) is 16.4. The van der Waals surface area contributed by atoms with Crippen LogP contribution in [0.25, 0.3) is 0 Å². The summed E-state index contributed by atoms with van der Waals surface area (Å²) < 4.78 is 0. The molecule has 1 saturated heterocycles. The number of rotatable bonds is 7. The van der Waals surface area contributed by atoms with E-state index in [0.29, 0.717) is 24.6 Å². The number of carbonyl (C=O) groups is 2. The van der Waals surface area contributed by atoms with E-state index in [2.05, 4.69) is 16.7 Å². The molecule has 0 aromatic carbocycles. The fourth-order valence-corrected chi connectivity index (χ4v) is 5.80. The zero-order valence-corrected chi connectivity index (χ0v) is 18.5. The largest absolute Gasteiger partial charge is 0.348 e. The average Bonchev–Trinajstić information content (AvgIpc) is 3.52. The van der Waals surface area contributed by atoms with Crippen molar-refractivity contribution in [3.05, 3.63) is 16.0 Å². The van der Waals surface area contributed by atoms with Crippen LogP contribution in [0.1, 0.15) is 54.5 Å². The van der Waals surface area contributed by atoms with Gasteiger partial charge >= 0.3 is 0 Å². The summed E-state index contributed by atoms with van der Waals surface area (Å²) in [4.78, 5) is 28.6. The summed E-state index contributed by atoms with van der Waals surface area (Å²) in [5.41, 5.74) is 1.87. The number of aryl methyl sites for hydroxylation is 1. The topological polar surface area (TPSA) is 90.9 Å². The number of amides is 2. The Labute approximate surface area is 182 Å². The molecule has 3 aliphatic rings. The molecule has 8 heteroatoms. The molecule has 2 fully saturated rings. The number of nitrogens with zero attached hydrogens (tertiary/aromatic N) is 1. The van der Waals surface area contributed by atoms with Crippen LogP contribution in [0, 0.1) is 11.3 Å². The minimum atomic E-state index is 0.00833. The standard InChI is InChI=1S/C22H31N5O2S/c23-14-18-17-4-2-1-3-5-19(17)30-22(18)25-20(28)8-9-26-10-12-27(13-11-26)15-21(29)24-16-6-7-16/h16H,1-13,15H2,(H,24,29)(H,25,28)/p+2. The number of thiophene rings is 1. The van der Waals surface area contributed by atoms with E-state index < -0.39 is 0 Å². The predicted molar refractivity (Wildman–Crippen MR) is 116 cm³/mol. The molecule has 1 aromatic rings. The number of piperazine rings is 1. The van der Waals surface area contributed by atoms with Crippen molar-refractivity contribution >= 4 is 28.2 Å². The molecule has 0 bridgehead atoms. The first-order valence-electron chi connectivity index (χ1n) is 11.4. The summed E-state index contributed by atoms with van der Waals surface area (Å²) in [5.74, 6) is 0.187. The van der Waals surface area contributed by atoms with Crippen molar-refractivity contribution in [1.29, 1.82) is 5.26 Å². The lowest BCUT2D eigenvalue weighted by molar-refractivity contribution is -1.01. The van der Waals surface area contributed by atoms with Crippen LogP contribution in [0.15, 0.2) is 0 Å². The number of hydrogen-bond acceptors (Lipinski definition) is 4. The lowest BCUT2D eigenvalue weighted by atomic mass is 10.1. The SMILES string of the molecule is N#Cc1c(NC(=O)CC[NH+]2CC[NH+](CC(=O)NC3CC3)CC2)sc2c1CCCCC2. The second kappa shape index (κ2) is 9.90. The predicted octanol–water partition coefficient (Wildman–Crippen LogP) is -0.721. The van der Waals surface area contributed by atoms with Gasteiger partial charge in [-0.2, -0.15) is 5.26 Å². The molecule has 1 aliphatic heterocycles. The molecule has 30 heavy (non-hydrogen) atoms. The highest BCUT2D eigenvalue weighted by molar-refractivity contribution is 7.16. The third kappa shape index (κ3) is 5.60. The summed E-state index contributed by atoms with van der Waals surface area (Å²) in [6, 6.07) is 2.77. The number of hydrogen-bond donors (Lipinski definition) is 4. The normalized spacial score (nSPS) is 23.7. The van der Waals surface area contributed by atoms with Crippen LogP contribution in [-0.4, -0.2) is 57.1 Å². The average molecular weight is 432 g/mol. The van der Waals surface area contributed by atoms with Crippen molar-refractivity contribution in [2.75, 3.05) is 44.6 Å². The number of quaternary nitrogens is 2. The molecule has 2 amide bonds. The number of carbonyl (C=O) groups excluding carboxylic acids is 2. The molecule has 4 rings (SSSR count). The van der Waals surface area contributed by atoms with Crippen LogP contribution in [0.3, 0.4) is 0 Å². The number of nitrogens with one attached hydrogen (secondary N) is 4. The zero-order valence-electron chi connectivity index (χ0n) is 17.6. The smallest absolute Gasteiger partial charge is 0.275 e. The summed E-state index contributed by atoms with van der Waals surface area (Å²) >= 11 is 1.60. The van der Waals surface area contributed by atoms with Gasteiger partial charge in [-0.15, -0.1) is 11.3 Å². The number of nitriles is 1. The first-order valence-corrected chi connectivity index (χ1v) is 12.2. The van der Waals surface area contributed by atoms with Crippen LogP contribution in [0.5, 0.6) is 0 Å². The summed E-state index contributed by atoms with van der Waals surface area (Å²) in [6.07, 6.45) is 8.24. The molecule has 0 atom stereocenters. The lowest BCUT2D eigenvalue weighted by Crippen LogP contribution is -3.28. The van der Waals surface area contributed by atoms with Crippen molar-refractivity contribution in [2.24, 2.45) is 0 Å². The van der Waals surface area contributed by atoms with Crippen molar-refractivity contribution in [1.82, 2.24) is 5.32 Å². The molecule has 1 saturated carbocycles. The van der Waals surface area contributed by atoms with E-state index in [9.17, 15) is 14.9 Å². The third-order valence-corrected chi connectivity index (χ3v) is 7.72. The van der Waals surface area contributed by atoms with E-state index in [-0.39, 0.29) is 11.8 Å². The van der Waals surface area contributed by atoms with Crippen LogP contribution >= 0.6 is 11.3 Å².